The van der Waals surface area contributed by atoms with Crippen LogP contribution in [0.15, 0.2) is 84.9 Å². The maximum Gasteiger partial charge on any atom is 0.329 e. The van der Waals surface area contributed by atoms with E-state index in [9.17, 15) is 19.5 Å². The number of carboxylic acid groups (broad SMARTS) is 1. The van der Waals surface area contributed by atoms with Crippen LogP contribution in [0.5, 0.6) is 5.75 Å². The number of aliphatic carboxylic acids is 1. The van der Waals surface area contributed by atoms with Crippen molar-refractivity contribution < 1.29 is 24.2 Å². The van der Waals surface area contributed by atoms with E-state index in [4.69, 9.17) is 4.74 Å². The number of hydrogen-bond acceptors (Lipinski definition) is 5. The highest BCUT2D eigenvalue weighted by atomic mass is 16.5. The first-order valence-electron chi connectivity index (χ1n) is 11.1. The Balaban J connectivity index is 1.68. The Morgan fingerprint density at radius 3 is 2.21 bits per heavy atom. The molecule has 2 amide bonds. The average molecular weight is 456 g/mol. The van der Waals surface area contributed by atoms with E-state index in [1.54, 1.807) is 54.6 Å². The van der Waals surface area contributed by atoms with Crippen LogP contribution in [-0.4, -0.2) is 34.9 Å². The second-order valence-corrected chi connectivity index (χ2v) is 8.59. The minimum Gasteiger partial charge on any atom is -0.496 e. The fourth-order valence-electron chi connectivity index (χ4n) is 5.37. The topological polar surface area (TPSA) is 95.9 Å². The number of ether oxygens (including phenoxy) is 1. The van der Waals surface area contributed by atoms with Crippen molar-refractivity contribution in [2.24, 2.45) is 11.8 Å². The SMILES string of the molecule is COc1ccccc1C1NC(C(=O)O)(c2ccccc2)C2C(=O)N(Cc3ccccc3)C(=O)C12. The summed E-state index contributed by atoms with van der Waals surface area (Å²) in [5.74, 6) is -3.57. The Hall–Kier alpha value is -3.97. The number of carbonyl (C=O) groups excluding carboxylic acids is 2. The van der Waals surface area contributed by atoms with Gasteiger partial charge < -0.3 is 9.84 Å². The molecule has 3 aromatic rings. The van der Waals surface area contributed by atoms with Crippen LogP contribution in [0.3, 0.4) is 0 Å². The molecule has 34 heavy (non-hydrogen) atoms. The van der Waals surface area contributed by atoms with Crippen molar-refractivity contribution >= 4 is 17.8 Å². The number of amides is 2. The van der Waals surface area contributed by atoms with Crippen LogP contribution < -0.4 is 10.1 Å². The summed E-state index contributed by atoms with van der Waals surface area (Å²) in [6.07, 6.45) is 0. The van der Waals surface area contributed by atoms with E-state index in [1.807, 2.05) is 30.3 Å². The lowest BCUT2D eigenvalue weighted by Crippen LogP contribution is -2.53. The monoisotopic (exact) mass is 456 g/mol. The van der Waals surface area contributed by atoms with Gasteiger partial charge in [0.25, 0.3) is 0 Å². The standard InChI is InChI=1S/C27H24N2O5/c1-34-20-15-9-8-14-19(20)23-21-22(27(28-23,26(32)33)18-12-6-3-7-13-18)25(31)29(24(21)30)16-17-10-4-2-5-11-17/h2-15,21-23,28H,16H2,1H3,(H,32,33). The van der Waals surface area contributed by atoms with Crippen LogP contribution in [0.4, 0.5) is 0 Å². The maximum absolute atomic E-state index is 13.8. The molecule has 7 heteroatoms. The molecular weight excluding hydrogens is 432 g/mol. The molecule has 0 bridgehead atoms. The lowest BCUT2D eigenvalue weighted by atomic mass is 9.75. The summed E-state index contributed by atoms with van der Waals surface area (Å²) < 4.78 is 5.53. The van der Waals surface area contributed by atoms with Gasteiger partial charge in [0.1, 0.15) is 5.75 Å². The third-order valence-corrected chi connectivity index (χ3v) is 6.88. The summed E-state index contributed by atoms with van der Waals surface area (Å²) in [6.45, 7) is 0.0919. The molecule has 0 aliphatic carbocycles. The van der Waals surface area contributed by atoms with Crippen molar-refractivity contribution in [3.8, 4) is 5.75 Å². The third-order valence-electron chi connectivity index (χ3n) is 6.88. The van der Waals surface area contributed by atoms with Gasteiger partial charge in [0.15, 0.2) is 5.54 Å². The Labute approximate surface area is 197 Å². The van der Waals surface area contributed by atoms with E-state index in [0.717, 1.165) is 5.56 Å². The summed E-state index contributed by atoms with van der Waals surface area (Å²) in [7, 11) is 1.52. The number of imide groups is 1. The van der Waals surface area contributed by atoms with Crippen molar-refractivity contribution in [2.45, 2.75) is 18.1 Å². The van der Waals surface area contributed by atoms with Gasteiger partial charge in [0, 0.05) is 11.6 Å². The molecule has 2 aliphatic rings. The van der Waals surface area contributed by atoms with Crippen molar-refractivity contribution in [1.82, 2.24) is 10.2 Å². The second kappa shape index (κ2) is 8.43. The summed E-state index contributed by atoms with van der Waals surface area (Å²) in [5.41, 5.74) is 0.0984. The minimum atomic E-state index is -1.77. The van der Waals surface area contributed by atoms with Crippen LogP contribution in [0.25, 0.3) is 0 Å². The molecule has 2 fully saturated rings. The molecule has 3 aromatic carbocycles. The highest BCUT2D eigenvalue weighted by Crippen LogP contribution is 2.54. The molecule has 2 aliphatic heterocycles. The number of para-hydroxylation sites is 1. The van der Waals surface area contributed by atoms with Crippen molar-refractivity contribution in [2.75, 3.05) is 7.11 Å². The van der Waals surface area contributed by atoms with E-state index in [2.05, 4.69) is 5.32 Å². The van der Waals surface area contributed by atoms with Gasteiger partial charge in [-0.15, -0.1) is 0 Å². The number of nitrogens with zero attached hydrogens (tertiary/aromatic N) is 1. The van der Waals surface area contributed by atoms with Crippen LogP contribution in [-0.2, 0) is 26.5 Å². The molecule has 7 nitrogen and oxygen atoms in total. The van der Waals surface area contributed by atoms with Gasteiger partial charge in [0.2, 0.25) is 11.8 Å². The zero-order chi connectivity index (χ0) is 23.9. The Morgan fingerprint density at radius 1 is 0.941 bits per heavy atom. The number of nitrogens with one attached hydrogen (secondary N) is 1. The van der Waals surface area contributed by atoms with Crippen molar-refractivity contribution in [3.63, 3.8) is 0 Å². The van der Waals surface area contributed by atoms with Crippen LogP contribution in [0, 0.1) is 11.8 Å². The van der Waals surface area contributed by atoms with E-state index >= 15 is 0 Å². The van der Waals surface area contributed by atoms with Crippen LogP contribution in [0.1, 0.15) is 22.7 Å². The fraction of sp³-hybridized carbons (Fsp3) is 0.222. The summed E-state index contributed by atoms with van der Waals surface area (Å²) in [6, 6.07) is 24.3. The Kier molecular flexibility index (Phi) is 5.42. The molecule has 4 unspecified atom stereocenters. The lowest BCUT2D eigenvalue weighted by molar-refractivity contribution is -0.152. The molecular formula is C27H24N2O5. The van der Waals surface area contributed by atoms with E-state index in [-0.39, 0.29) is 12.5 Å². The number of methoxy groups -OCH3 is 1. The molecule has 172 valence electrons. The molecule has 2 N–H and O–H groups in total. The van der Waals surface area contributed by atoms with Crippen LogP contribution in [0.2, 0.25) is 0 Å². The maximum atomic E-state index is 13.8. The smallest absolute Gasteiger partial charge is 0.329 e. The molecule has 2 saturated heterocycles. The number of fused-ring (bicyclic) bond motifs is 1. The van der Waals surface area contributed by atoms with Gasteiger partial charge in [-0.05, 0) is 17.2 Å². The minimum absolute atomic E-state index is 0.0919. The first kappa shape index (κ1) is 21.9. The molecule has 0 spiro atoms. The number of benzene rings is 3. The third kappa shape index (κ3) is 3.20. The number of carbonyl (C=O) groups is 3. The van der Waals surface area contributed by atoms with E-state index in [0.29, 0.717) is 16.9 Å². The summed E-state index contributed by atoms with van der Waals surface area (Å²) >= 11 is 0. The predicted molar refractivity (Wildman–Crippen MR) is 124 cm³/mol. The largest absolute Gasteiger partial charge is 0.496 e. The average Bonchev–Trinajstić information content (AvgIpc) is 3.35. The normalized spacial score (nSPS) is 25.9. The first-order valence-corrected chi connectivity index (χ1v) is 11.1. The fourth-order valence-corrected chi connectivity index (χ4v) is 5.37. The molecule has 2 heterocycles. The molecule has 0 saturated carbocycles. The number of rotatable bonds is 6. The Morgan fingerprint density at radius 2 is 1.56 bits per heavy atom. The number of carboxylic acids is 1. The number of hydrogen-bond donors (Lipinski definition) is 2. The zero-order valence-electron chi connectivity index (χ0n) is 18.5. The van der Waals surface area contributed by atoms with E-state index < -0.39 is 35.3 Å². The molecule has 5 rings (SSSR count). The Bertz CT molecular complexity index is 1250. The van der Waals surface area contributed by atoms with Gasteiger partial charge in [0.05, 0.1) is 25.5 Å². The molecule has 4 atom stereocenters. The highest BCUT2D eigenvalue weighted by molar-refractivity contribution is 6.09. The summed E-state index contributed by atoms with van der Waals surface area (Å²) in [4.78, 5) is 41.7. The van der Waals surface area contributed by atoms with Gasteiger partial charge in [-0.1, -0.05) is 78.9 Å². The molecule has 0 radical (unpaired) electrons. The van der Waals surface area contributed by atoms with Crippen LogP contribution >= 0.6 is 0 Å². The highest BCUT2D eigenvalue weighted by Gasteiger charge is 2.69. The summed E-state index contributed by atoms with van der Waals surface area (Å²) in [5, 5.41) is 13.8. The lowest BCUT2D eigenvalue weighted by Gasteiger charge is -2.32. The van der Waals surface area contributed by atoms with Gasteiger partial charge >= 0.3 is 5.97 Å². The van der Waals surface area contributed by atoms with Gasteiger partial charge in [-0.2, -0.15) is 0 Å². The second-order valence-electron chi connectivity index (χ2n) is 8.59. The van der Waals surface area contributed by atoms with Gasteiger partial charge in [-0.25, -0.2) is 4.79 Å². The first-order chi connectivity index (χ1) is 16.5. The van der Waals surface area contributed by atoms with Crippen molar-refractivity contribution in [1.29, 1.82) is 0 Å². The zero-order valence-corrected chi connectivity index (χ0v) is 18.5. The predicted octanol–water partition coefficient (Wildman–Crippen LogP) is 3.12. The number of likely N-dealkylation sites (tertiary alicyclic amines) is 1. The quantitative estimate of drug-likeness (QED) is 0.554. The molecule has 0 aromatic heterocycles. The van der Waals surface area contributed by atoms with Crippen molar-refractivity contribution in [3.05, 3.63) is 102 Å². The van der Waals surface area contributed by atoms with Gasteiger partial charge in [-0.3, -0.25) is 19.8 Å². The van der Waals surface area contributed by atoms with E-state index in [1.165, 1.54) is 12.0 Å².